The van der Waals surface area contributed by atoms with E-state index in [1.165, 1.54) is 5.69 Å². The summed E-state index contributed by atoms with van der Waals surface area (Å²) in [6, 6.07) is 12.1. The quantitative estimate of drug-likeness (QED) is 0.330. The second-order valence-electron chi connectivity index (χ2n) is 13.2. The van der Waals surface area contributed by atoms with Crippen LogP contribution in [-0.4, -0.2) is 47.9 Å². The number of fused-ring (bicyclic) bond motifs is 1. The Hall–Kier alpha value is -3.59. The van der Waals surface area contributed by atoms with Crippen molar-refractivity contribution in [3.05, 3.63) is 93.8 Å². The van der Waals surface area contributed by atoms with Crippen molar-refractivity contribution in [1.29, 1.82) is 0 Å². The largest absolute Gasteiger partial charge is 0.417 e. The number of nitrogens with zero attached hydrogens (tertiary/aromatic N) is 3. The lowest BCUT2D eigenvalue weighted by Crippen LogP contribution is -2.48. The predicted octanol–water partition coefficient (Wildman–Crippen LogP) is 7.33. The second kappa shape index (κ2) is 11.4. The lowest BCUT2D eigenvalue weighted by molar-refractivity contribution is -0.137. The van der Waals surface area contributed by atoms with Gasteiger partial charge in [0.15, 0.2) is 0 Å². The first-order valence-corrected chi connectivity index (χ1v) is 15.5. The van der Waals surface area contributed by atoms with Gasteiger partial charge >= 0.3 is 6.18 Å². The zero-order chi connectivity index (χ0) is 31.3. The standard InChI is InChI=1S/C34H36ClF3N4O2/c1-32(2)21-23-4-3-22(19-26(23)29(32)40-30(43)27-20-24(35)5-6-28(27)34(36,37)38)31(44)42-17-11-33(12-18-42)9-15-41(16-10-33)25-7-13-39-14-8-25/h3-8,13-14,19-20,29H,9-12,15-18,21H2,1-2H3,(H,40,43). The fourth-order valence-corrected chi connectivity index (χ4v) is 7.44. The summed E-state index contributed by atoms with van der Waals surface area (Å²) in [6.45, 7) is 7.28. The number of carbonyl (C=O) groups excluding carboxylic acids is 2. The fourth-order valence-electron chi connectivity index (χ4n) is 7.27. The Morgan fingerprint density at radius 1 is 0.932 bits per heavy atom. The highest BCUT2D eigenvalue weighted by molar-refractivity contribution is 6.31. The van der Waals surface area contributed by atoms with Crippen molar-refractivity contribution in [2.24, 2.45) is 10.8 Å². The first-order valence-electron chi connectivity index (χ1n) is 15.1. The van der Waals surface area contributed by atoms with E-state index < -0.39 is 34.7 Å². The van der Waals surface area contributed by atoms with E-state index in [4.69, 9.17) is 11.6 Å². The molecule has 3 aromatic rings. The summed E-state index contributed by atoms with van der Waals surface area (Å²) in [5.74, 6) is -0.903. The summed E-state index contributed by atoms with van der Waals surface area (Å²) >= 11 is 5.98. The van der Waals surface area contributed by atoms with Crippen molar-refractivity contribution in [1.82, 2.24) is 15.2 Å². The molecule has 44 heavy (non-hydrogen) atoms. The van der Waals surface area contributed by atoms with E-state index in [0.717, 1.165) is 68.1 Å². The minimum absolute atomic E-state index is 0.0460. The van der Waals surface area contributed by atoms with Crippen LogP contribution >= 0.6 is 11.6 Å². The molecule has 6 nitrogen and oxygen atoms in total. The Kier molecular flexibility index (Phi) is 7.89. The SMILES string of the molecule is CC1(C)Cc2ccc(C(=O)N3CCC4(CC3)CCN(c3ccncc3)CC4)cc2C1NC(=O)c1cc(Cl)ccc1C(F)(F)F. The van der Waals surface area contributed by atoms with Crippen LogP contribution in [0.2, 0.25) is 5.02 Å². The molecule has 3 heterocycles. The van der Waals surface area contributed by atoms with Gasteiger partial charge in [0.2, 0.25) is 0 Å². The second-order valence-corrected chi connectivity index (χ2v) is 13.6. The van der Waals surface area contributed by atoms with E-state index in [2.05, 4.69) is 15.2 Å². The lowest BCUT2D eigenvalue weighted by atomic mass is 9.71. The first kappa shape index (κ1) is 30.4. The average Bonchev–Trinajstić information content (AvgIpc) is 3.25. The summed E-state index contributed by atoms with van der Waals surface area (Å²) < 4.78 is 41.1. The Morgan fingerprint density at radius 3 is 2.25 bits per heavy atom. The third-order valence-electron chi connectivity index (χ3n) is 9.90. The van der Waals surface area contributed by atoms with Crippen LogP contribution in [-0.2, 0) is 12.6 Å². The Labute approximate surface area is 260 Å². The van der Waals surface area contributed by atoms with Crippen molar-refractivity contribution in [3.63, 3.8) is 0 Å². The van der Waals surface area contributed by atoms with Crippen LogP contribution in [0, 0.1) is 10.8 Å². The third-order valence-corrected chi connectivity index (χ3v) is 10.1. The molecular formula is C34H36ClF3N4O2. The number of alkyl halides is 3. The highest BCUT2D eigenvalue weighted by atomic mass is 35.5. The van der Waals surface area contributed by atoms with Gasteiger partial charge in [0.1, 0.15) is 0 Å². The molecule has 1 atom stereocenters. The van der Waals surface area contributed by atoms with Crippen LogP contribution in [0.15, 0.2) is 60.9 Å². The molecule has 0 bridgehead atoms. The van der Waals surface area contributed by atoms with Gasteiger partial charge in [-0.15, -0.1) is 0 Å². The third kappa shape index (κ3) is 5.91. The molecule has 6 rings (SSSR count). The van der Waals surface area contributed by atoms with E-state index >= 15 is 0 Å². The van der Waals surface area contributed by atoms with Crippen LogP contribution in [0.4, 0.5) is 18.9 Å². The minimum atomic E-state index is -4.70. The zero-order valence-electron chi connectivity index (χ0n) is 24.9. The summed E-state index contributed by atoms with van der Waals surface area (Å²) in [5.41, 5.74) is 1.68. The van der Waals surface area contributed by atoms with Gasteiger partial charge in [-0.05, 0) is 96.5 Å². The van der Waals surface area contributed by atoms with E-state index in [0.29, 0.717) is 25.1 Å². The lowest BCUT2D eigenvalue weighted by Gasteiger charge is -2.47. The Bertz CT molecular complexity index is 1560. The van der Waals surface area contributed by atoms with Crippen molar-refractivity contribution in [3.8, 4) is 0 Å². The van der Waals surface area contributed by atoms with Gasteiger partial charge in [0.25, 0.3) is 11.8 Å². The van der Waals surface area contributed by atoms with Gasteiger partial charge in [-0.3, -0.25) is 14.6 Å². The zero-order valence-corrected chi connectivity index (χ0v) is 25.6. The van der Waals surface area contributed by atoms with Crippen LogP contribution in [0.5, 0.6) is 0 Å². The number of hydrogen-bond acceptors (Lipinski definition) is 4. The molecule has 2 fully saturated rings. The molecule has 1 aromatic heterocycles. The number of likely N-dealkylation sites (tertiary alicyclic amines) is 1. The maximum absolute atomic E-state index is 13.7. The number of carbonyl (C=O) groups is 2. The molecule has 2 aliphatic heterocycles. The fraction of sp³-hybridized carbons (Fsp3) is 0.441. The molecule has 2 saturated heterocycles. The number of pyridine rings is 1. The molecule has 0 saturated carbocycles. The molecule has 1 unspecified atom stereocenters. The number of piperidine rings is 2. The van der Waals surface area contributed by atoms with Gasteiger partial charge in [0.05, 0.1) is 17.2 Å². The van der Waals surface area contributed by atoms with Crippen molar-refractivity contribution in [2.75, 3.05) is 31.1 Å². The number of aromatic nitrogens is 1. The van der Waals surface area contributed by atoms with Gasteiger partial charge in [-0.1, -0.05) is 31.5 Å². The highest BCUT2D eigenvalue weighted by Gasteiger charge is 2.43. The number of amides is 2. The normalized spacial score (nSPS) is 20.8. The number of nitrogens with one attached hydrogen (secondary N) is 1. The number of halogens is 4. The van der Waals surface area contributed by atoms with Crippen LogP contribution in [0.3, 0.4) is 0 Å². The topological polar surface area (TPSA) is 65.5 Å². The van der Waals surface area contributed by atoms with E-state index in [1.807, 2.05) is 61.5 Å². The summed E-state index contributed by atoms with van der Waals surface area (Å²) in [4.78, 5) is 35.4. The van der Waals surface area contributed by atoms with Gasteiger partial charge in [-0.25, -0.2) is 0 Å². The number of rotatable bonds is 4. The number of anilines is 1. The van der Waals surface area contributed by atoms with Crippen LogP contribution < -0.4 is 10.2 Å². The van der Waals surface area contributed by atoms with E-state index in [1.54, 1.807) is 0 Å². The molecule has 232 valence electrons. The molecule has 1 aliphatic carbocycles. The maximum atomic E-state index is 13.7. The van der Waals surface area contributed by atoms with Crippen molar-refractivity contribution in [2.45, 2.75) is 58.2 Å². The Morgan fingerprint density at radius 2 is 1.59 bits per heavy atom. The average molecular weight is 625 g/mol. The summed E-state index contributed by atoms with van der Waals surface area (Å²) in [6.07, 6.45) is 3.66. The molecule has 0 radical (unpaired) electrons. The monoisotopic (exact) mass is 624 g/mol. The molecule has 2 amide bonds. The summed E-state index contributed by atoms with van der Waals surface area (Å²) in [5, 5.41) is 2.90. The smallest absolute Gasteiger partial charge is 0.371 e. The number of hydrogen-bond donors (Lipinski definition) is 1. The van der Waals surface area contributed by atoms with Crippen molar-refractivity contribution < 1.29 is 22.8 Å². The van der Waals surface area contributed by atoms with Gasteiger partial charge in [-0.2, -0.15) is 13.2 Å². The molecule has 3 aliphatic rings. The van der Waals surface area contributed by atoms with Gasteiger partial charge < -0.3 is 15.1 Å². The van der Waals surface area contributed by atoms with Gasteiger partial charge in [0, 0.05) is 54.8 Å². The van der Waals surface area contributed by atoms with Crippen LogP contribution in [0.1, 0.15) is 83.0 Å². The Balaban J connectivity index is 1.15. The van der Waals surface area contributed by atoms with Crippen LogP contribution in [0.25, 0.3) is 0 Å². The van der Waals surface area contributed by atoms with Crippen molar-refractivity contribution >= 4 is 29.1 Å². The maximum Gasteiger partial charge on any atom is 0.417 e. The molecular weight excluding hydrogens is 589 g/mol. The molecule has 1 spiro atoms. The predicted molar refractivity (Wildman–Crippen MR) is 164 cm³/mol. The highest BCUT2D eigenvalue weighted by Crippen LogP contribution is 2.47. The first-order chi connectivity index (χ1) is 20.9. The molecule has 1 N–H and O–H groups in total. The molecule has 2 aromatic carbocycles. The molecule has 10 heteroatoms. The van der Waals surface area contributed by atoms with E-state index in [9.17, 15) is 22.8 Å². The minimum Gasteiger partial charge on any atom is -0.371 e. The number of benzene rings is 2. The summed E-state index contributed by atoms with van der Waals surface area (Å²) in [7, 11) is 0. The van der Waals surface area contributed by atoms with E-state index in [-0.39, 0.29) is 16.3 Å².